The van der Waals surface area contributed by atoms with Gasteiger partial charge in [0.15, 0.2) is 12.5 Å². The van der Waals surface area contributed by atoms with Gasteiger partial charge in [0, 0.05) is 11.8 Å². The Morgan fingerprint density at radius 1 is 0.727 bits per heavy atom. The van der Waals surface area contributed by atoms with Crippen LogP contribution in [0.2, 0.25) is 0 Å². The van der Waals surface area contributed by atoms with Gasteiger partial charge < -0.3 is 9.47 Å². The van der Waals surface area contributed by atoms with Gasteiger partial charge in [0.2, 0.25) is 0 Å². The average Bonchev–Trinajstić information content (AvgIpc) is 2.53. The van der Waals surface area contributed by atoms with Crippen molar-refractivity contribution in [2.45, 2.75) is 70.3 Å². The minimum Gasteiger partial charge on any atom is -0.352 e. The molecule has 0 radical (unpaired) electrons. The van der Waals surface area contributed by atoms with Gasteiger partial charge in [-0.1, -0.05) is 19.8 Å². The van der Waals surface area contributed by atoms with Gasteiger partial charge in [0.25, 0.3) is 0 Å². The van der Waals surface area contributed by atoms with Crippen LogP contribution >= 0.6 is 0 Å². The Bertz CT molecular complexity index is 340. The zero-order valence-corrected chi connectivity index (χ0v) is 13.2. The Hall–Kier alpha value is -0.290. The zero-order chi connectivity index (χ0) is 15.7. The third kappa shape index (κ3) is 3.61. The van der Waals surface area contributed by atoms with Crippen LogP contribution in [-0.2, 0) is 9.47 Å². The molecule has 0 N–H and O–H groups in total. The molecule has 0 bridgehead atoms. The van der Waals surface area contributed by atoms with Gasteiger partial charge in [-0.15, -0.1) is 0 Å². The van der Waals surface area contributed by atoms with Crippen molar-refractivity contribution in [3.8, 4) is 0 Å². The van der Waals surface area contributed by atoms with Crippen molar-refractivity contribution in [2.24, 2.45) is 23.7 Å². The predicted octanol–water partition coefficient (Wildman–Crippen LogP) is 4.23. The molecule has 1 aliphatic heterocycles. The van der Waals surface area contributed by atoms with Crippen molar-refractivity contribution < 1.29 is 22.6 Å². The van der Waals surface area contributed by atoms with Gasteiger partial charge in [-0.3, -0.25) is 0 Å². The van der Waals surface area contributed by atoms with E-state index >= 15 is 0 Å². The normalized spacial score (nSPS) is 50.7. The van der Waals surface area contributed by atoms with Gasteiger partial charge >= 0.3 is 0 Å². The number of hydrogen-bond donors (Lipinski definition) is 0. The summed E-state index contributed by atoms with van der Waals surface area (Å²) in [7, 11) is 0. The first-order chi connectivity index (χ1) is 10.5. The summed E-state index contributed by atoms with van der Waals surface area (Å²) in [5.74, 6) is 1.47. The molecule has 128 valence electrons. The van der Waals surface area contributed by atoms with Crippen LogP contribution < -0.4 is 0 Å². The molecule has 2 aliphatic carbocycles. The molecule has 3 rings (SSSR count). The number of hydrogen-bond acceptors (Lipinski definition) is 2. The lowest BCUT2D eigenvalue weighted by Gasteiger charge is -2.41. The van der Waals surface area contributed by atoms with Gasteiger partial charge in [-0.05, 0) is 37.5 Å². The molecule has 3 unspecified atom stereocenters. The fraction of sp³-hybridized carbons (Fsp3) is 1.00. The van der Waals surface area contributed by atoms with E-state index in [1.807, 2.05) is 0 Å². The van der Waals surface area contributed by atoms with E-state index < -0.39 is 24.8 Å². The molecular formula is C17H27F3O2. The topological polar surface area (TPSA) is 18.5 Å². The lowest BCUT2D eigenvalue weighted by Crippen LogP contribution is -2.46. The van der Waals surface area contributed by atoms with E-state index in [1.165, 1.54) is 25.7 Å². The standard InChI is InChI=1S/C17H27F3O2/c1-10-2-4-11(5-3-10)13-8-21-17(22-9-13)12-6-14(18)16(20)15(19)7-12/h10-17H,2-9H2,1H3/t10?,11?,12?,13?,14-,15?,16?,17?/m1/s1. The summed E-state index contributed by atoms with van der Waals surface area (Å²) in [5, 5.41) is 0. The first-order valence-corrected chi connectivity index (χ1v) is 8.70. The summed E-state index contributed by atoms with van der Waals surface area (Å²) in [6.45, 7) is 3.50. The Morgan fingerprint density at radius 2 is 1.27 bits per heavy atom. The van der Waals surface area contributed by atoms with E-state index in [9.17, 15) is 13.2 Å². The fourth-order valence-corrected chi connectivity index (χ4v) is 4.22. The van der Waals surface area contributed by atoms with Gasteiger partial charge in [0.05, 0.1) is 13.2 Å². The highest BCUT2D eigenvalue weighted by atomic mass is 19.2. The summed E-state index contributed by atoms with van der Waals surface area (Å²) in [4.78, 5) is 0. The van der Waals surface area contributed by atoms with Gasteiger partial charge in [0.1, 0.15) is 12.3 Å². The largest absolute Gasteiger partial charge is 0.352 e. The predicted molar refractivity (Wildman–Crippen MR) is 77.7 cm³/mol. The van der Waals surface area contributed by atoms with E-state index in [4.69, 9.17) is 9.47 Å². The lowest BCUT2D eigenvalue weighted by atomic mass is 9.76. The SMILES string of the molecule is CC1CCC(C2COC(C3CC(F)C(F)[C@H](F)C3)OC2)CC1. The Labute approximate surface area is 130 Å². The van der Waals surface area contributed by atoms with Crippen LogP contribution in [0.1, 0.15) is 45.4 Å². The van der Waals surface area contributed by atoms with E-state index in [0.717, 1.165) is 5.92 Å². The zero-order valence-electron chi connectivity index (χ0n) is 13.2. The lowest BCUT2D eigenvalue weighted by molar-refractivity contribution is -0.243. The summed E-state index contributed by atoms with van der Waals surface area (Å²) in [6, 6.07) is 0. The maximum Gasteiger partial charge on any atom is 0.162 e. The van der Waals surface area contributed by atoms with Crippen molar-refractivity contribution >= 4 is 0 Å². The molecule has 2 saturated carbocycles. The minimum atomic E-state index is -1.99. The monoisotopic (exact) mass is 320 g/mol. The second kappa shape index (κ2) is 7.08. The Kier molecular flexibility index (Phi) is 5.33. The van der Waals surface area contributed by atoms with Crippen molar-refractivity contribution in [1.29, 1.82) is 0 Å². The molecule has 0 aromatic rings. The van der Waals surface area contributed by atoms with Crippen molar-refractivity contribution in [3.63, 3.8) is 0 Å². The summed E-state index contributed by atoms with van der Waals surface area (Å²) >= 11 is 0. The van der Waals surface area contributed by atoms with Gasteiger partial charge in [-0.25, -0.2) is 13.2 Å². The third-order valence-electron chi connectivity index (χ3n) is 5.81. The van der Waals surface area contributed by atoms with Crippen LogP contribution in [0, 0.1) is 23.7 Å². The van der Waals surface area contributed by atoms with Crippen LogP contribution in [0.25, 0.3) is 0 Å². The molecule has 1 heterocycles. The van der Waals surface area contributed by atoms with Crippen molar-refractivity contribution in [2.75, 3.05) is 13.2 Å². The van der Waals surface area contributed by atoms with Crippen LogP contribution in [0.3, 0.4) is 0 Å². The highest BCUT2D eigenvalue weighted by Gasteiger charge is 2.43. The summed E-state index contributed by atoms with van der Waals surface area (Å²) in [5.41, 5.74) is 0. The second-order valence-corrected chi connectivity index (χ2v) is 7.52. The molecule has 0 aromatic heterocycles. The molecule has 22 heavy (non-hydrogen) atoms. The first kappa shape index (κ1) is 16.6. The van der Waals surface area contributed by atoms with Crippen LogP contribution in [-0.4, -0.2) is 38.0 Å². The van der Waals surface area contributed by atoms with E-state index in [-0.39, 0.29) is 18.8 Å². The molecule has 1 saturated heterocycles. The fourth-order valence-electron chi connectivity index (χ4n) is 4.22. The van der Waals surface area contributed by atoms with Crippen molar-refractivity contribution in [1.82, 2.24) is 0 Å². The summed E-state index contributed by atoms with van der Waals surface area (Å²) in [6.07, 6.45) is -1.08. The van der Waals surface area contributed by atoms with E-state index in [1.54, 1.807) is 0 Å². The maximum absolute atomic E-state index is 13.5. The van der Waals surface area contributed by atoms with Crippen LogP contribution in [0.4, 0.5) is 13.2 Å². The molecule has 3 aliphatic rings. The Balaban J connectivity index is 1.47. The van der Waals surface area contributed by atoms with E-state index in [2.05, 4.69) is 6.92 Å². The van der Waals surface area contributed by atoms with Crippen LogP contribution in [0.15, 0.2) is 0 Å². The summed E-state index contributed by atoms with van der Waals surface area (Å²) < 4.78 is 51.8. The third-order valence-corrected chi connectivity index (χ3v) is 5.81. The average molecular weight is 320 g/mol. The highest BCUT2D eigenvalue weighted by Crippen LogP contribution is 2.39. The molecular weight excluding hydrogens is 293 g/mol. The Morgan fingerprint density at radius 3 is 1.82 bits per heavy atom. The molecule has 0 spiro atoms. The highest BCUT2D eigenvalue weighted by molar-refractivity contribution is 4.89. The minimum absolute atomic E-state index is 0.00212. The number of halogens is 3. The molecule has 0 amide bonds. The van der Waals surface area contributed by atoms with Gasteiger partial charge in [-0.2, -0.15) is 0 Å². The molecule has 0 aromatic carbocycles. The number of rotatable bonds is 2. The molecule has 3 fully saturated rings. The molecule has 4 atom stereocenters. The number of alkyl halides is 3. The quantitative estimate of drug-likeness (QED) is 0.758. The molecule has 5 heteroatoms. The maximum atomic E-state index is 13.5. The number of ether oxygens (including phenoxy) is 2. The van der Waals surface area contributed by atoms with E-state index in [0.29, 0.717) is 25.0 Å². The smallest absolute Gasteiger partial charge is 0.162 e. The van der Waals surface area contributed by atoms with Crippen LogP contribution in [0.5, 0.6) is 0 Å². The second-order valence-electron chi connectivity index (χ2n) is 7.52. The first-order valence-electron chi connectivity index (χ1n) is 8.70. The van der Waals surface area contributed by atoms with Crippen molar-refractivity contribution in [3.05, 3.63) is 0 Å². The molecule has 2 nitrogen and oxygen atoms in total.